The molecule has 0 aliphatic rings. The van der Waals surface area contributed by atoms with Gasteiger partial charge in [0.2, 0.25) is 0 Å². The minimum atomic E-state index is 0.569. The van der Waals surface area contributed by atoms with Crippen molar-refractivity contribution in [2.45, 2.75) is 33.2 Å². The first kappa shape index (κ1) is 12.3. The molecule has 0 fully saturated rings. The highest BCUT2D eigenvalue weighted by molar-refractivity contribution is 5.05. The molecule has 0 spiro atoms. The smallest absolute Gasteiger partial charge is 0.105 e. The molecule has 86 valence electrons. The van der Waals surface area contributed by atoms with Gasteiger partial charge >= 0.3 is 0 Å². The number of furan rings is 1. The molecule has 0 atom stereocenters. The van der Waals surface area contributed by atoms with Crippen LogP contribution < -0.4 is 10.6 Å². The second kappa shape index (κ2) is 6.64. The first-order valence-electron chi connectivity index (χ1n) is 5.68. The van der Waals surface area contributed by atoms with Gasteiger partial charge in [0.15, 0.2) is 0 Å². The van der Waals surface area contributed by atoms with Crippen LogP contribution in [0.25, 0.3) is 0 Å². The normalized spacial score (nSPS) is 11.2. The lowest BCUT2D eigenvalue weighted by Crippen LogP contribution is -2.32. The average molecular weight is 210 g/mol. The molecule has 1 heterocycles. The SMILES string of the molecule is Cc1ccc(CCNCCNC(C)C)o1. The van der Waals surface area contributed by atoms with Crippen molar-refractivity contribution in [2.24, 2.45) is 0 Å². The molecule has 0 saturated heterocycles. The Labute approximate surface area is 92.2 Å². The highest BCUT2D eigenvalue weighted by Crippen LogP contribution is 2.05. The van der Waals surface area contributed by atoms with Crippen LogP contribution in [0.15, 0.2) is 16.5 Å². The van der Waals surface area contributed by atoms with E-state index in [1.807, 2.05) is 19.1 Å². The van der Waals surface area contributed by atoms with Crippen LogP contribution in [0.1, 0.15) is 25.4 Å². The van der Waals surface area contributed by atoms with Gasteiger partial charge in [-0.15, -0.1) is 0 Å². The molecule has 0 unspecified atom stereocenters. The van der Waals surface area contributed by atoms with Crippen LogP contribution in [0.3, 0.4) is 0 Å². The molecular formula is C12H22N2O. The van der Waals surface area contributed by atoms with Crippen molar-refractivity contribution in [1.82, 2.24) is 10.6 Å². The second-order valence-corrected chi connectivity index (χ2v) is 4.12. The van der Waals surface area contributed by atoms with Gasteiger partial charge in [-0.05, 0) is 19.1 Å². The molecule has 1 aromatic heterocycles. The van der Waals surface area contributed by atoms with Crippen molar-refractivity contribution < 1.29 is 4.42 Å². The summed E-state index contributed by atoms with van der Waals surface area (Å²) >= 11 is 0. The fourth-order valence-corrected chi connectivity index (χ4v) is 1.41. The molecule has 3 heteroatoms. The van der Waals surface area contributed by atoms with Gasteiger partial charge in [0.25, 0.3) is 0 Å². The zero-order valence-corrected chi connectivity index (χ0v) is 9.97. The molecule has 3 nitrogen and oxygen atoms in total. The van der Waals surface area contributed by atoms with Crippen molar-refractivity contribution in [3.8, 4) is 0 Å². The first-order valence-corrected chi connectivity index (χ1v) is 5.68. The van der Waals surface area contributed by atoms with Crippen LogP contribution in [-0.4, -0.2) is 25.7 Å². The Bertz CT molecular complexity index is 268. The third-order valence-electron chi connectivity index (χ3n) is 2.20. The predicted octanol–water partition coefficient (Wildman–Crippen LogP) is 1.72. The summed E-state index contributed by atoms with van der Waals surface area (Å²) in [7, 11) is 0. The Morgan fingerprint density at radius 3 is 2.60 bits per heavy atom. The maximum Gasteiger partial charge on any atom is 0.105 e. The Hall–Kier alpha value is -0.800. The van der Waals surface area contributed by atoms with Crippen molar-refractivity contribution in [1.29, 1.82) is 0 Å². The van der Waals surface area contributed by atoms with E-state index in [9.17, 15) is 0 Å². The molecule has 0 radical (unpaired) electrons. The van der Waals surface area contributed by atoms with Crippen molar-refractivity contribution in [2.75, 3.05) is 19.6 Å². The fourth-order valence-electron chi connectivity index (χ4n) is 1.41. The van der Waals surface area contributed by atoms with Crippen LogP contribution in [0, 0.1) is 6.92 Å². The second-order valence-electron chi connectivity index (χ2n) is 4.12. The van der Waals surface area contributed by atoms with Crippen LogP contribution in [0.4, 0.5) is 0 Å². The quantitative estimate of drug-likeness (QED) is 0.673. The minimum absolute atomic E-state index is 0.569. The Kier molecular flexibility index (Phi) is 5.43. The van der Waals surface area contributed by atoms with E-state index in [4.69, 9.17) is 4.42 Å². The van der Waals surface area contributed by atoms with E-state index in [2.05, 4.69) is 24.5 Å². The van der Waals surface area contributed by atoms with E-state index < -0.39 is 0 Å². The number of hydrogen-bond donors (Lipinski definition) is 2. The summed E-state index contributed by atoms with van der Waals surface area (Å²) in [6, 6.07) is 4.62. The van der Waals surface area contributed by atoms with E-state index in [0.717, 1.165) is 37.6 Å². The average Bonchev–Trinajstić information content (AvgIpc) is 2.57. The lowest BCUT2D eigenvalue weighted by atomic mass is 10.3. The van der Waals surface area contributed by atoms with E-state index in [-0.39, 0.29) is 0 Å². The number of hydrogen-bond acceptors (Lipinski definition) is 3. The zero-order chi connectivity index (χ0) is 11.1. The number of aryl methyl sites for hydroxylation is 1. The lowest BCUT2D eigenvalue weighted by Gasteiger charge is -2.08. The molecule has 0 amide bonds. The molecule has 2 N–H and O–H groups in total. The van der Waals surface area contributed by atoms with Crippen LogP contribution in [0.5, 0.6) is 0 Å². The monoisotopic (exact) mass is 210 g/mol. The van der Waals surface area contributed by atoms with Crippen LogP contribution in [-0.2, 0) is 6.42 Å². The Morgan fingerprint density at radius 2 is 2.00 bits per heavy atom. The van der Waals surface area contributed by atoms with E-state index >= 15 is 0 Å². The highest BCUT2D eigenvalue weighted by atomic mass is 16.3. The molecule has 0 saturated carbocycles. The van der Waals surface area contributed by atoms with Gasteiger partial charge in [0.1, 0.15) is 11.5 Å². The van der Waals surface area contributed by atoms with Crippen molar-refractivity contribution >= 4 is 0 Å². The summed E-state index contributed by atoms with van der Waals surface area (Å²) in [4.78, 5) is 0. The number of rotatable bonds is 7. The molecule has 0 aliphatic carbocycles. The molecule has 0 aromatic carbocycles. The summed E-state index contributed by atoms with van der Waals surface area (Å²) in [6.45, 7) is 9.31. The van der Waals surface area contributed by atoms with E-state index in [0.29, 0.717) is 6.04 Å². The molecular weight excluding hydrogens is 188 g/mol. The van der Waals surface area contributed by atoms with E-state index in [1.165, 1.54) is 0 Å². The molecule has 1 aromatic rings. The lowest BCUT2D eigenvalue weighted by molar-refractivity contribution is 0.472. The van der Waals surface area contributed by atoms with Gasteiger partial charge in [-0.25, -0.2) is 0 Å². The molecule has 15 heavy (non-hydrogen) atoms. The van der Waals surface area contributed by atoms with Crippen molar-refractivity contribution in [3.63, 3.8) is 0 Å². The maximum absolute atomic E-state index is 5.47. The highest BCUT2D eigenvalue weighted by Gasteiger charge is 1.97. The van der Waals surface area contributed by atoms with Gasteiger partial charge < -0.3 is 15.1 Å². The topological polar surface area (TPSA) is 37.2 Å². The Morgan fingerprint density at radius 1 is 1.20 bits per heavy atom. The predicted molar refractivity (Wildman–Crippen MR) is 63.2 cm³/mol. The van der Waals surface area contributed by atoms with Gasteiger partial charge in [-0.2, -0.15) is 0 Å². The first-order chi connectivity index (χ1) is 7.18. The van der Waals surface area contributed by atoms with Crippen molar-refractivity contribution in [3.05, 3.63) is 23.7 Å². The minimum Gasteiger partial charge on any atom is -0.466 e. The summed E-state index contributed by atoms with van der Waals surface area (Å²) in [5.41, 5.74) is 0. The van der Waals surface area contributed by atoms with Gasteiger partial charge in [0.05, 0.1) is 0 Å². The molecule has 0 bridgehead atoms. The largest absolute Gasteiger partial charge is 0.466 e. The summed E-state index contributed by atoms with van der Waals surface area (Å²) in [5.74, 6) is 2.06. The van der Waals surface area contributed by atoms with Crippen LogP contribution in [0.2, 0.25) is 0 Å². The fraction of sp³-hybridized carbons (Fsp3) is 0.667. The molecule has 0 aliphatic heterocycles. The maximum atomic E-state index is 5.47. The zero-order valence-electron chi connectivity index (χ0n) is 9.97. The van der Waals surface area contributed by atoms with E-state index in [1.54, 1.807) is 0 Å². The third-order valence-corrected chi connectivity index (χ3v) is 2.20. The van der Waals surface area contributed by atoms with Gasteiger partial charge in [-0.1, -0.05) is 13.8 Å². The summed E-state index contributed by atoms with van der Waals surface area (Å²) in [5, 5.41) is 6.74. The summed E-state index contributed by atoms with van der Waals surface area (Å²) < 4.78 is 5.47. The van der Waals surface area contributed by atoms with Gasteiger partial charge in [0, 0.05) is 32.1 Å². The summed E-state index contributed by atoms with van der Waals surface area (Å²) in [6.07, 6.45) is 0.968. The number of nitrogens with one attached hydrogen (secondary N) is 2. The molecule has 1 rings (SSSR count). The Balaban J connectivity index is 1.98. The van der Waals surface area contributed by atoms with Crippen LogP contribution >= 0.6 is 0 Å². The third kappa shape index (κ3) is 5.60. The standard InChI is InChI=1S/C12H22N2O/c1-10(2)14-9-8-13-7-6-12-5-4-11(3)15-12/h4-5,10,13-14H,6-9H2,1-3H3. The van der Waals surface area contributed by atoms with Gasteiger partial charge in [-0.3, -0.25) is 0 Å².